The summed E-state index contributed by atoms with van der Waals surface area (Å²) in [5.41, 5.74) is 1.91. The first-order chi connectivity index (χ1) is 13.2. The van der Waals surface area contributed by atoms with Gasteiger partial charge in [0.15, 0.2) is 0 Å². The maximum Gasteiger partial charge on any atom is 0.297 e. The number of benzene rings is 2. The molecule has 2 rings (SSSR count). The average molecular weight is 429 g/mol. The summed E-state index contributed by atoms with van der Waals surface area (Å²) in [6, 6.07) is 12.7. The third kappa shape index (κ3) is 6.99. The van der Waals surface area contributed by atoms with Crippen molar-refractivity contribution in [3.05, 3.63) is 59.7 Å². The van der Waals surface area contributed by atoms with Gasteiger partial charge in [-0.3, -0.25) is 8.37 Å². The standard InChI is InChI=1S/C19H24O7S2/c1-16-4-8-18(9-5-16)27(20,21)25-13-3-12-24-14-15-26-28(22,23)19-10-6-17(2)7-11-19/h4-11H,3,12-15H2,1-2H3. The quantitative estimate of drug-likeness (QED) is 0.401. The molecule has 0 amide bonds. The lowest BCUT2D eigenvalue weighted by molar-refractivity contribution is 0.0927. The third-order valence-electron chi connectivity index (χ3n) is 3.76. The summed E-state index contributed by atoms with van der Waals surface area (Å²) in [6.45, 7) is 3.86. The van der Waals surface area contributed by atoms with Gasteiger partial charge in [0.1, 0.15) is 0 Å². The molecule has 2 aromatic rings. The fourth-order valence-electron chi connectivity index (χ4n) is 2.18. The number of ether oxygens (including phenoxy) is 1. The molecule has 0 saturated heterocycles. The van der Waals surface area contributed by atoms with E-state index in [1.54, 1.807) is 24.3 Å². The van der Waals surface area contributed by atoms with Gasteiger partial charge < -0.3 is 4.74 Å². The Morgan fingerprint density at radius 1 is 0.607 bits per heavy atom. The van der Waals surface area contributed by atoms with E-state index >= 15 is 0 Å². The Hall–Kier alpha value is -1.78. The van der Waals surface area contributed by atoms with Crippen LogP contribution in [0.5, 0.6) is 0 Å². The molecule has 0 aliphatic heterocycles. The van der Waals surface area contributed by atoms with Crippen LogP contribution in [0.3, 0.4) is 0 Å². The van der Waals surface area contributed by atoms with Crippen LogP contribution in [-0.4, -0.2) is 43.3 Å². The fraction of sp³-hybridized carbons (Fsp3) is 0.368. The van der Waals surface area contributed by atoms with Crippen LogP contribution in [0.1, 0.15) is 17.5 Å². The van der Waals surface area contributed by atoms with Crippen molar-refractivity contribution in [3.8, 4) is 0 Å². The van der Waals surface area contributed by atoms with E-state index in [0.29, 0.717) is 6.42 Å². The zero-order valence-electron chi connectivity index (χ0n) is 15.8. The Labute approximate surface area is 166 Å². The Morgan fingerprint density at radius 3 is 1.50 bits per heavy atom. The van der Waals surface area contributed by atoms with Gasteiger partial charge in [-0.15, -0.1) is 0 Å². The predicted octanol–water partition coefficient (Wildman–Crippen LogP) is 2.82. The van der Waals surface area contributed by atoms with Crippen LogP contribution in [0.4, 0.5) is 0 Å². The first kappa shape index (κ1) is 22.5. The molecule has 0 fully saturated rings. The molecule has 0 radical (unpaired) electrons. The maximum absolute atomic E-state index is 12.0. The van der Waals surface area contributed by atoms with Gasteiger partial charge in [0.25, 0.3) is 20.2 Å². The Balaban J connectivity index is 1.63. The normalized spacial score (nSPS) is 12.2. The molecule has 154 valence electrons. The number of hydrogen-bond donors (Lipinski definition) is 0. The van der Waals surface area contributed by atoms with E-state index in [4.69, 9.17) is 13.1 Å². The number of rotatable bonds is 11. The minimum atomic E-state index is -3.81. The van der Waals surface area contributed by atoms with E-state index in [-0.39, 0.29) is 36.2 Å². The van der Waals surface area contributed by atoms with Crippen LogP contribution in [0.25, 0.3) is 0 Å². The molecule has 2 aromatic carbocycles. The summed E-state index contributed by atoms with van der Waals surface area (Å²) >= 11 is 0. The highest BCUT2D eigenvalue weighted by Gasteiger charge is 2.15. The van der Waals surface area contributed by atoms with Crippen molar-refractivity contribution in [2.45, 2.75) is 30.1 Å². The van der Waals surface area contributed by atoms with E-state index in [1.165, 1.54) is 24.3 Å². The van der Waals surface area contributed by atoms with Crippen molar-refractivity contribution in [2.24, 2.45) is 0 Å². The Kier molecular flexibility index (Phi) is 8.14. The summed E-state index contributed by atoms with van der Waals surface area (Å²) in [5, 5.41) is 0. The van der Waals surface area contributed by atoms with Crippen molar-refractivity contribution in [1.29, 1.82) is 0 Å². The van der Waals surface area contributed by atoms with Gasteiger partial charge >= 0.3 is 0 Å². The van der Waals surface area contributed by atoms with Crippen molar-refractivity contribution >= 4 is 20.2 Å². The van der Waals surface area contributed by atoms with Crippen LogP contribution in [-0.2, 0) is 33.3 Å². The number of hydrogen-bond acceptors (Lipinski definition) is 7. The highest BCUT2D eigenvalue weighted by molar-refractivity contribution is 7.87. The second kappa shape index (κ2) is 10.1. The second-order valence-corrected chi connectivity index (χ2v) is 9.37. The van der Waals surface area contributed by atoms with E-state index in [0.717, 1.165) is 11.1 Å². The van der Waals surface area contributed by atoms with Crippen LogP contribution >= 0.6 is 0 Å². The Morgan fingerprint density at radius 2 is 1.04 bits per heavy atom. The molecular formula is C19H24O7S2. The number of aryl methyl sites for hydroxylation is 2. The van der Waals surface area contributed by atoms with Crippen molar-refractivity contribution in [2.75, 3.05) is 26.4 Å². The zero-order valence-corrected chi connectivity index (χ0v) is 17.5. The lowest BCUT2D eigenvalue weighted by Crippen LogP contribution is -2.13. The van der Waals surface area contributed by atoms with Crippen molar-refractivity contribution < 1.29 is 29.9 Å². The maximum atomic E-state index is 12.0. The summed E-state index contributed by atoms with van der Waals surface area (Å²) in [4.78, 5) is 0.196. The van der Waals surface area contributed by atoms with Gasteiger partial charge in [0.2, 0.25) is 0 Å². The SMILES string of the molecule is Cc1ccc(S(=O)(=O)OCCCOCCOS(=O)(=O)c2ccc(C)cc2)cc1. The molecule has 0 bridgehead atoms. The summed E-state index contributed by atoms with van der Waals surface area (Å²) in [6.07, 6.45) is 0.343. The van der Waals surface area contributed by atoms with E-state index in [1.807, 2.05) is 13.8 Å². The van der Waals surface area contributed by atoms with E-state index < -0.39 is 20.2 Å². The third-order valence-corrected chi connectivity index (χ3v) is 6.41. The highest BCUT2D eigenvalue weighted by atomic mass is 32.2. The molecule has 0 aliphatic rings. The van der Waals surface area contributed by atoms with Crippen molar-refractivity contribution in [1.82, 2.24) is 0 Å². The molecule has 0 atom stereocenters. The van der Waals surface area contributed by atoms with E-state index in [9.17, 15) is 16.8 Å². The molecule has 0 aliphatic carbocycles. The molecule has 0 N–H and O–H groups in total. The minimum Gasteiger partial charge on any atom is -0.379 e. The molecule has 0 saturated carbocycles. The van der Waals surface area contributed by atoms with Gasteiger partial charge in [-0.25, -0.2) is 0 Å². The van der Waals surface area contributed by atoms with Gasteiger partial charge in [-0.05, 0) is 44.5 Å². The Bertz CT molecular complexity index is 867. The summed E-state index contributed by atoms with van der Waals surface area (Å²) in [5.74, 6) is 0. The lowest BCUT2D eigenvalue weighted by atomic mass is 10.2. The van der Waals surface area contributed by atoms with Gasteiger partial charge in [0.05, 0.1) is 29.6 Å². The smallest absolute Gasteiger partial charge is 0.297 e. The minimum absolute atomic E-state index is 0.0290. The fourth-order valence-corrected chi connectivity index (χ4v) is 4.02. The van der Waals surface area contributed by atoms with Gasteiger partial charge in [0, 0.05) is 6.61 Å². The predicted molar refractivity (Wildman–Crippen MR) is 104 cm³/mol. The molecule has 0 heterocycles. The molecule has 0 unspecified atom stereocenters. The van der Waals surface area contributed by atoms with Gasteiger partial charge in [-0.1, -0.05) is 35.4 Å². The average Bonchev–Trinajstić information content (AvgIpc) is 2.64. The highest BCUT2D eigenvalue weighted by Crippen LogP contribution is 2.14. The molecule has 0 spiro atoms. The van der Waals surface area contributed by atoms with Crippen molar-refractivity contribution in [3.63, 3.8) is 0 Å². The largest absolute Gasteiger partial charge is 0.379 e. The zero-order chi connectivity index (χ0) is 20.6. The molecule has 7 nitrogen and oxygen atoms in total. The molecule has 9 heteroatoms. The lowest BCUT2D eigenvalue weighted by Gasteiger charge is -2.08. The first-order valence-corrected chi connectivity index (χ1v) is 11.5. The van der Waals surface area contributed by atoms with Crippen LogP contribution < -0.4 is 0 Å². The topological polar surface area (TPSA) is 96.0 Å². The molecule has 0 aromatic heterocycles. The first-order valence-electron chi connectivity index (χ1n) is 8.71. The van der Waals surface area contributed by atoms with Crippen LogP contribution in [0, 0.1) is 13.8 Å². The summed E-state index contributed by atoms with van der Waals surface area (Å²) < 4.78 is 63.1. The van der Waals surface area contributed by atoms with Gasteiger partial charge in [-0.2, -0.15) is 16.8 Å². The van der Waals surface area contributed by atoms with E-state index in [2.05, 4.69) is 0 Å². The molecular weight excluding hydrogens is 404 g/mol. The van der Waals surface area contributed by atoms with Crippen LogP contribution in [0.15, 0.2) is 58.3 Å². The second-order valence-electron chi connectivity index (χ2n) is 6.14. The van der Waals surface area contributed by atoms with Crippen LogP contribution in [0.2, 0.25) is 0 Å². The monoisotopic (exact) mass is 428 g/mol. The summed E-state index contributed by atoms with van der Waals surface area (Å²) in [7, 11) is -7.60. The molecule has 28 heavy (non-hydrogen) atoms.